The molecule has 1 aliphatic rings. The molecule has 126 valence electrons. The van der Waals surface area contributed by atoms with Crippen LogP contribution in [0.3, 0.4) is 0 Å². The minimum Gasteiger partial charge on any atom is -0.321 e. The largest absolute Gasteiger partial charge is 0.321 e. The third kappa shape index (κ3) is 4.49. The predicted octanol–water partition coefficient (Wildman–Crippen LogP) is 3.28. The van der Waals surface area contributed by atoms with Gasteiger partial charge in [-0.3, -0.25) is 9.78 Å². The molecule has 6 heteroatoms. The Hall–Kier alpha value is -2.05. The van der Waals surface area contributed by atoms with Gasteiger partial charge in [0.1, 0.15) is 16.7 Å². The van der Waals surface area contributed by atoms with Gasteiger partial charge in [-0.25, -0.2) is 8.93 Å². The molecule has 0 bridgehead atoms. The van der Waals surface area contributed by atoms with Gasteiger partial charge in [0.25, 0.3) is 5.91 Å². The van der Waals surface area contributed by atoms with E-state index >= 15 is 0 Å². The lowest BCUT2D eigenvalue weighted by Crippen LogP contribution is -2.32. The Morgan fingerprint density at radius 3 is 2.46 bits per heavy atom. The van der Waals surface area contributed by atoms with Gasteiger partial charge < -0.3 is 5.32 Å². The molecule has 1 amide bonds. The molecular formula is C18H21N3O2S. The van der Waals surface area contributed by atoms with Gasteiger partial charge in [-0.15, -0.1) is 0 Å². The van der Waals surface area contributed by atoms with Crippen LogP contribution in [0.1, 0.15) is 42.6 Å². The molecule has 3 rings (SSSR count). The molecule has 1 aromatic carbocycles. The van der Waals surface area contributed by atoms with E-state index in [1.807, 2.05) is 0 Å². The van der Waals surface area contributed by atoms with Gasteiger partial charge in [-0.1, -0.05) is 25.3 Å². The van der Waals surface area contributed by atoms with Crippen LogP contribution in [0.4, 0.5) is 5.69 Å². The van der Waals surface area contributed by atoms with E-state index in [9.17, 15) is 9.00 Å². The molecule has 5 nitrogen and oxygen atoms in total. The van der Waals surface area contributed by atoms with Gasteiger partial charge in [0, 0.05) is 17.9 Å². The summed E-state index contributed by atoms with van der Waals surface area (Å²) in [4.78, 5) is 16.8. The molecule has 1 aromatic heterocycles. The monoisotopic (exact) mass is 343 g/mol. The third-order valence-electron chi connectivity index (χ3n) is 4.10. The maximum absolute atomic E-state index is 12.4. The standard InChI is InChI=1S/C18H21N3O2S/c22-18(17-8-4-5-13-19-17)20-14-9-11-16(12-10-14)24(23)21-15-6-2-1-3-7-15/h4-5,8-13,15,21H,1-3,6-7H2,(H,20,22). The molecule has 0 saturated heterocycles. The zero-order chi connectivity index (χ0) is 16.8. The minimum absolute atomic E-state index is 0.259. The number of amides is 1. The number of nitrogens with zero attached hydrogens (tertiary/aromatic N) is 1. The minimum atomic E-state index is -1.21. The second-order valence-electron chi connectivity index (χ2n) is 5.91. The SMILES string of the molecule is O=C(Nc1ccc(S(=O)NC2CCCCC2)cc1)c1ccccn1. The number of anilines is 1. The first kappa shape index (κ1) is 16.8. The van der Waals surface area contributed by atoms with Crippen LogP contribution < -0.4 is 10.0 Å². The summed E-state index contributed by atoms with van der Waals surface area (Å²) in [5.74, 6) is -0.259. The zero-order valence-electron chi connectivity index (χ0n) is 13.4. The van der Waals surface area contributed by atoms with Crippen molar-refractivity contribution in [2.45, 2.75) is 43.0 Å². The predicted molar refractivity (Wildman–Crippen MR) is 95.0 cm³/mol. The van der Waals surface area contributed by atoms with E-state index in [0.717, 1.165) is 17.7 Å². The van der Waals surface area contributed by atoms with Gasteiger partial charge in [0.2, 0.25) is 0 Å². The molecule has 24 heavy (non-hydrogen) atoms. The molecule has 0 spiro atoms. The summed E-state index contributed by atoms with van der Waals surface area (Å²) >= 11 is 0. The van der Waals surface area contributed by atoms with E-state index in [-0.39, 0.29) is 5.91 Å². The fourth-order valence-corrected chi connectivity index (χ4v) is 3.85. The molecule has 2 N–H and O–H groups in total. The van der Waals surface area contributed by atoms with E-state index in [2.05, 4.69) is 15.0 Å². The highest BCUT2D eigenvalue weighted by Gasteiger charge is 2.16. The summed E-state index contributed by atoms with van der Waals surface area (Å²) in [5.41, 5.74) is 1.02. The van der Waals surface area contributed by atoms with Crippen molar-refractivity contribution in [2.24, 2.45) is 0 Å². The molecule has 1 fully saturated rings. The summed E-state index contributed by atoms with van der Waals surface area (Å²) in [6.07, 6.45) is 7.43. The number of hydrogen-bond acceptors (Lipinski definition) is 3. The maximum atomic E-state index is 12.4. The van der Waals surface area contributed by atoms with Gasteiger partial charge in [-0.2, -0.15) is 0 Å². The Bertz CT molecular complexity index is 698. The van der Waals surface area contributed by atoms with E-state index in [4.69, 9.17) is 0 Å². The summed E-state index contributed by atoms with van der Waals surface area (Å²) in [5, 5.41) is 2.78. The Balaban J connectivity index is 1.58. The Morgan fingerprint density at radius 1 is 1.04 bits per heavy atom. The molecule has 2 aromatic rings. The van der Waals surface area contributed by atoms with E-state index < -0.39 is 11.0 Å². The van der Waals surface area contributed by atoms with Crippen molar-refractivity contribution in [3.8, 4) is 0 Å². The number of nitrogens with one attached hydrogen (secondary N) is 2. The summed E-state index contributed by atoms with van der Waals surface area (Å²) in [6, 6.07) is 12.6. The molecule has 1 unspecified atom stereocenters. The Kier molecular flexibility index (Phi) is 5.72. The fraction of sp³-hybridized carbons (Fsp3) is 0.333. The second-order valence-corrected chi connectivity index (χ2v) is 7.16. The van der Waals surface area contributed by atoms with Crippen molar-refractivity contribution in [2.75, 3.05) is 5.32 Å². The van der Waals surface area contributed by atoms with Gasteiger partial charge >= 0.3 is 0 Å². The van der Waals surface area contributed by atoms with Crippen LogP contribution in [0.5, 0.6) is 0 Å². The highest BCUT2D eigenvalue weighted by molar-refractivity contribution is 7.83. The molecule has 0 aliphatic heterocycles. The summed E-state index contributed by atoms with van der Waals surface area (Å²) in [6.45, 7) is 0. The molecule has 1 saturated carbocycles. The van der Waals surface area contributed by atoms with Crippen LogP contribution in [-0.4, -0.2) is 21.1 Å². The first-order chi connectivity index (χ1) is 11.7. The number of rotatable bonds is 5. The Morgan fingerprint density at radius 2 is 1.79 bits per heavy atom. The fourth-order valence-electron chi connectivity index (χ4n) is 2.79. The van der Waals surface area contributed by atoms with Crippen LogP contribution in [0.2, 0.25) is 0 Å². The highest BCUT2D eigenvalue weighted by Crippen LogP contribution is 2.19. The summed E-state index contributed by atoms with van der Waals surface area (Å²) in [7, 11) is -1.21. The molecule has 0 radical (unpaired) electrons. The average Bonchev–Trinajstić information content (AvgIpc) is 2.64. The van der Waals surface area contributed by atoms with Gasteiger partial charge in [-0.05, 0) is 49.2 Å². The van der Waals surface area contributed by atoms with E-state index in [1.54, 1.807) is 48.7 Å². The van der Waals surface area contributed by atoms with Crippen molar-refractivity contribution >= 4 is 22.6 Å². The number of carbonyl (C=O) groups is 1. The first-order valence-corrected chi connectivity index (χ1v) is 9.38. The third-order valence-corrected chi connectivity index (χ3v) is 5.35. The number of hydrogen-bond donors (Lipinski definition) is 2. The van der Waals surface area contributed by atoms with Crippen molar-refractivity contribution in [1.82, 2.24) is 9.71 Å². The quantitative estimate of drug-likeness (QED) is 0.875. The van der Waals surface area contributed by atoms with Crippen LogP contribution in [-0.2, 0) is 11.0 Å². The molecule has 1 atom stereocenters. The van der Waals surface area contributed by atoms with Crippen molar-refractivity contribution < 1.29 is 9.00 Å². The molecular weight excluding hydrogens is 322 g/mol. The topological polar surface area (TPSA) is 71.1 Å². The Labute approximate surface area is 144 Å². The molecule has 1 aliphatic carbocycles. The number of aromatic nitrogens is 1. The normalized spacial score (nSPS) is 16.5. The maximum Gasteiger partial charge on any atom is 0.274 e. The van der Waals surface area contributed by atoms with Crippen LogP contribution >= 0.6 is 0 Å². The number of benzene rings is 1. The highest BCUT2D eigenvalue weighted by atomic mass is 32.2. The zero-order valence-corrected chi connectivity index (χ0v) is 14.2. The smallest absolute Gasteiger partial charge is 0.274 e. The van der Waals surface area contributed by atoms with Crippen LogP contribution in [0.15, 0.2) is 53.6 Å². The lowest BCUT2D eigenvalue weighted by Gasteiger charge is -2.22. The molecule has 1 heterocycles. The van der Waals surface area contributed by atoms with Crippen molar-refractivity contribution in [3.05, 3.63) is 54.4 Å². The second kappa shape index (κ2) is 8.17. The van der Waals surface area contributed by atoms with Gasteiger partial charge in [0.15, 0.2) is 0 Å². The van der Waals surface area contributed by atoms with Crippen LogP contribution in [0, 0.1) is 0 Å². The first-order valence-electron chi connectivity index (χ1n) is 8.23. The van der Waals surface area contributed by atoms with E-state index in [0.29, 0.717) is 17.4 Å². The van der Waals surface area contributed by atoms with Crippen molar-refractivity contribution in [3.63, 3.8) is 0 Å². The summed E-state index contributed by atoms with van der Waals surface area (Å²) < 4.78 is 15.6. The lowest BCUT2D eigenvalue weighted by atomic mass is 9.96. The van der Waals surface area contributed by atoms with Crippen molar-refractivity contribution in [1.29, 1.82) is 0 Å². The van der Waals surface area contributed by atoms with Gasteiger partial charge in [0.05, 0.1) is 4.90 Å². The number of carbonyl (C=O) groups excluding carboxylic acids is 1. The van der Waals surface area contributed by atoms with E-state index in [1.165, 1.54) is 19.3 Å². The van der Waals surface area contributed by atoms with Crippen LogP contribution in [0.25, 0.3) is 0 Å². The average molecular weight is 343 g/mol. The lowest BCUT2D eigenvalue weighted by molar-refractivity contribution is 0.102. The number of pyridine rings is 1.